The van der Waals surface area contributed by atoms with E-state index in [-0.39, 0.29) is 5.02 Å². The summed E-state index contributed by atoms with van der Waals surface area (Å²) in [7, 11) is 0. The van der Waals surface area contributed by atoms with Gasteiger partial charge in [0.05, 0.1) is 16.1 Å². The molecular weight excluding hydrogens is 345 g/mol. The van der Waals surface area contributed by atoms with Crippen LogP contribution in [0.3, 0.4) is 0 Å². The van der Waals surface area contributed by atoms with Gasteiger partial charge in [-0.25, -0.2) is 4.39 Å². The number of nitrogens with one attached hydrogen (secondary N) is 1. The van der Waals surface area contributed by atoms with E-state index in [1.165, 1.54) is 12.1 Å². The summed E-state index contributed by atoms with van der Waals surface area (Å²) < 4.78 is 19.5. The predicted molar refractivity (Wildman–Crippen MR) is 84.2 cm³/mol. The zero-order valence-electron chi connectivity index (χ0n) is 10.7. The van der Waals surface area contributed by atoms with Crippen LogP contribution in [0.15, 0.2) is 46.9 Å². The third-order valence-corrected chi connectivity index (χ3v) is 3.57. The van der Waals surface area contributed by atoms with Crippen molar-refractivity contribution in [2.24, 2.45) is 0 Å². The molecule has 0 saturated heterocycles. The molecule has 0 heterocycles. The summed E-state index contributed by atoms with van der Waals surface area (Å²) in [6.07, 6.45) is 0.811. The molecule has 0 spiro atoms. The van der Waals surface area contributed by atoms with Crippen LogP contribution >= 0.6 is 27.5 Å². The van der Waals surface area contributed by atoms with E-state index in [1.54, 1.807) is 0 Å². The molecule has 0 bridgehead atoms. The Morgan fingerprint density at radius 1 is 1.20 bits per heavy atom. The molecule has 2 rings (SSSR count). The second kappa shape index (κ2) is 7.50. The zero-order valence-corrected chi connectivity index (χ0v) is 13.0. The van der Waals surface area contributed by atoms with Crippen LogP contribution in [-0.4, -0.2) is 13.2 Å². The number of hydrogen-bond donors (Lipinski definition) is 1. The van der Waals surface area contributed by atoms with Crippen molar-refractivity contribution in [3.63, 3.8) is 0 Å². The average molecular weight is 359 g/mol. The van der Waals surface area contributed by atoms with Crippen molar-refractivity contribution in [3.8, 4) is 5.75 Å². The highest BCUT2D eigenvalue weighted by molar-refractivity contribution is 9.10. The van der Waals surface area contributed by atoms with Gasteiger partial charge in [0.25, 0.3) is 0 Å². The van der Waals surface area contributed by atoms with Crippen LogP contribution in [0.4, 0.5) is 10.1 Å². The van der Waals surface area contributed by atoms with E-state index in [9.17, 15) is 4.39 Å². The SMILES string of the molecule is Fc1cc(OCCCNc2ccccc2)c(Br)cc1Cl. The van der Waals surface area contributed by atoms with E-state index in [0.717, 1.165) is 18.7 Å². The van der Waals surface area contributed by atoms with Gasteiger partial charge in [-0.15, -0.1) is 0 Å². The maximum atomic E-state index is 13.3. The molecule has 0 amide bonds. The van der Waals surface area contributed by atoms with Gasteiger partial charge in [-0.3, -0.25) is 0 Å². The molecule has 0 aliphatic carbocycles. The van der Waals surface area contributed by atoms with Gasteiger partial charge in [0.1, 0.15) is 11.6 Å². The Bertz CT molecular complexity index is 565. The van der Waals surface area contributed by atoms with Gasteiger partial charge in [-0.1, -0.05) is 29.8 Å². The van der Waals surface area contributed by atoms with Crippen molar-refractivity contribution < 1.29 is 9.13 Å². The van der Waals surface area contributed by atoms with E-state index < -0.39 is 5.82 Å². The first-order chi connectivity index (χ1) is 9.66. The Balaban J connectivity index is 1.75. The molecule has 0 aliphatic rings. The topological polar surface area (TPSA) is 21.3 Å². The van der Waals surface area contributed by atoms with Crippen LogP contribution < -0.4 is 10.1 Å². The highest BCUT2D eigenvalue weighted by atomic mass is 79.9. The Morgan fingerprint density at radius 2 is 1.95 bits per heavy atom. The average Bonchev–Trinajstić information content (AvgIpc) is 2.45. The highest BCUT2D eigenvalue weighted by Crippen LogP contribution is 2.30. The second-order valence-electron chi connectivity index (χ2n) is 4.19. The summed E-state index contributed by atoms with van der Waals surface area (Å²) in [6, 6.07) is 12.7. The quantitative estimate of drug-likeness (QED) is 0.571. The Kier molecular flexibility index (Phi) is 5.68. The van der Waals surface area contributed by atoms with Crippen LogP contribution in [0.5, 0.6) is 5.75 Å². The van der Waals surface area contributed by atoms with Gasteiger partial charge < -0.3 is 10.1 Å². The number of halogens is 3. The van der Waals surface area contributed by atoms with Crippen molar-refractivity contribution in [1.82, 2.24) is 0 Å². The summed E-state index contributed by atoms with van der Waals surface area (Å²) in [5.41, 5.74) is 1.08. The summed E-state index contributed by atoms with van der Waals surface area (Å²) >= 11 is 8.96. The summed E-state index contributed by atoms with van der Waals surface area (Å²) in [5.74, 6) is -0.0149. The fraction of sp³-hybridized carbons (Fsp3) is 0.200. The number of rotatable bonds is 6. The van der Waals surface area contributed by atoms with E-state index in [1.807, 2.05) is 30.3 Å². The van der Waals surface area contributed by atoms with Crippen molar-refractivity contribution >= 4 is 33.2 Å². The molecule has 0 saturated carbocycles. The lowest BCUT2D eigenvalue weighted by molar-refractivity contribution is 0.311. The molecule has 0 radical (unpaired) electrons. The van der Waals surface area contributed by atoms with Crippen LogP contribution in [-0.2, 0) is 0 Å². The van der Waals surface area contributed by atoms with Crippen molar-refractivity contribution in [3.05, 3.63) is 57.8 Å². The fourth-order valence-corrected chi connectivity index (χ4v) is 2.41. The number of benzene rings is 2. The van der Waals surface area contributed by atoms with Gasteiger partial charge in [0.15, 0.2) is 0 Å². The number of hydrogen-bond acceptors (Lipinski definition) is 2. The van der Waals surface area contributed by atoms with Crippen LogP contribution in [0.1, 0.15) is 6.42 Å². The Labute approximate surface area is 131 Å². The molecule has 2 nitrogen and oxygen atoms in total. The smallest absolute Gasteiger partial charge is 0.145 e. The molecule has 0 aliphatic heterocycles. The van der Waals surface area contributed by atoms with E-state index >= 15 is 0 Å². The first-order valence-electron chi connectivity index (χ1n) is 6.23. The second-order valence-corrected chi connectivity index (χ2v) is 5.45. The number of ether oxygens (including phenoxy) is 1. The van der Waals surface area contributed by atoms with Gasteiger partial charge >= 0.3 is 0 Å². The first-order valence-corrected chi connectivity index (χ1v) is 7.40. The normalized spacial score (nSPS) is 10.3. The van der Waals surface area contributed by atoms with Gasteiger partial charge in [0, 0.05) is 18.3 Å². The number of para-hydroxylation sites is 1. The maximum Gasteiger partial charge on any atom is 0.145 e. The van der Waals surface area contributed by atoms with E-state index in [2.05, 4.69) is 21.2 Å². The Morgan fingerprint density at radius 3 is 2.70 bits per heavy atom. The standard InChI is InChI=1S/C15H14BrClFNO/c16-12-9-13(17)14(18)10-15(12)20-8-4-7-19-11-5-2-1-3-6-11/h1-3,5-6,9-10,19H,4,7-8H2. The molecule has 106 valence electrons. The van der Waals surface area contributed by atoms with Crippen molar-refractivity contribution in [2.45, 2.75) is 6.42 Å². The minimum Gasteiger partial charge on any atom is -0.492 e. The Hall–Kier alpha value is -1.26. The molecule has 0 atom stereocenters. The molecule has 5 heteroatoms. The molecule has 0 unspecified atom stereocenters. The molecule has 0 fully saturated rings. The lowest BCUT2D eigenvalue weighted by Gasteiger charge is -2.10. The summed E-state index contributed by atoms with van der Waals surface area (Å²) in [4.78, 5) is 0. The molecule has 0 aromatic heterocycles. The van der Waals surface area contributed by atoms with Gasteiger partial charge in [-0.2, -0.15) is 0 Å². The van der Waals surface area contributed by atoms with E-state index in [0.29, 0.717) is 16.8 Å². The molecule has 1 N–H and O–H groups in total. The van der Waals surface area contributed by atoms with Crippen molar-refractivity contribution in [1.29, 1.82) is 0 Å². The van der Waals surface area contributed by atoms with Crippen LogP contribution in [0.25, 0.3) is 0 Å². The molecule has 2 aromatic carbocycles. The molecule has 2 aromatic rings. The van der Waals surface area contributed by atoms with Crippen LogP contribution in [0.2, 0.25) is 5.02 Å². The lowest BCUT2D eigenvalue weighted by atomic mass is 10.3. The summed E-state index contributed by atoms with van der Waals surface area (Å²) in [5, 5.41) is 3.36. The summed E-state index contributed by atoms with van der Waals surface area (Å²) in [6.45, 7) is 1.29. The molecular formula is C15H14BrClFNO. The van der Waals surface area contributed by atoms with Crippen LogP contribution in [0, 0.1) is 5.82 Å². The van der Waals surface area contributed by atoms with E-state index in [4.69, 9.17) is 16.3 Å². The monoisotopic (exact) mass is 357 g/mol. The third kappa shape index (κ3) is 4.39. The minimum absolute atomic E-state index is 0.0787. The zero-order chi connectivity index (χ0) is 14.4. The van der Waals surface area contributed by atoms with Gasteiger partial charge in [0.2, 0.25) is 0 Å². The number of anilines is 1. The first kappa shape index (κ1) is 15.1. The third-order valence-electron chi connectivity index (χ3n) is 2.66. The van der Waals surface area contributed by atoms with Crippen molar-refractivity contribution in [2.75, 3.05) is 18.5 Å². The maximum absolute atomic E-state index is 13.3. The van der Waals surface area contributed by atoms with Gasteiger partial charge in [-0.05, 0) is 40.5 Å². The highest BCUT2D eigenvalue weighted by Gasteiger charge is 2.07. The largest absolute Gasteiger partial charge is 0.492 e. The molecule has 20 heavy (non-hydrogen) atoms. The lowest BCUT2D eigenvalue weighted by Crippen LogP contribution is -2.07. The fourth-order valence-electron chi connectivity index (χ4n) is 1.66. The predicted octanol–water partition coefficient (Wildman–Crippen LogP) is 5.12. The minimum atomic E-state index is -0.479.